The van der Waals surface area contributed by atoms with Gasteiger partial charge in [-0.1, -0.05) is 12.1 Å². The molecule has 2 aliphatic heterocycles. The Morgan fingerprint density at radius 2 is 1.63 bits per heavy atom. The molecule has 2 aromatic rings. The summed E-state index contributed by atoms with van der Waals surface area (Å²) in [5.41, 5.74) is 0.579. The summed E-state index contributed by atoms with van der Waals surface area (Å²) < 4.78 is 0. The smallest absolute Gasteiger partial charge is 0.271 e. The molecule has 154 valence electrons. The maximum Gasteiger partial charge on any atom is 0.271 e. The summed E-state index contributed by atoms with van der Waals surface area (Å²) in [5.74, 6) is -1.09. The van der Waals surface area contributed by atoms with E-state index in [0.29, 0.717) is 22.6 Å². The lowest BCUT2D eigenvalue weighted by Gasteiger charge is -2.48. The highest BCUT2D eigenvalue weighted by Gasteiger charge is 2.60. The SMILES string of the molecule is CCN1C(=O)c2ccccc2N2C(=O)CC[C@@]12C(=O)Nc1ccc(NC(C)=O)cc1. The molecule has 2 N–H and O–H groups in total. The lowest BCUT2D eigenvalue weighted by molar-refractivity contribution is -0.128. The highest BCUT2D eigenvalue weighted by molar-refractivity contribution is 6.18. The zero-order valence-corrected chi connectivity index (χ0v) is 16.8. The second kappa shape index (κ2) is 7.29. The fourth-order valence-electron chi connectivity index (χ4n) is 4.28. The third-order valence-electron chi connectivity index (χ3n) is 5.52. The van der Waals surface area contributed by atoms with Crippen molar-refractivity contribution in [2.24, 2.45) is 0 Å². The van der Waals surface area contributed by atoms with Gasteiger partial charge in [-0.15, -0.1) is 0 Å². The van der Waals surface area contributed by atoms with E-state index in [1.165, 1.54) is 16.7 Å². The summed E-state index contributed by atoms with van der Waals surface area (Å²) in [6.45, 7) is 3.49. The van der Waals surface area contributed by atoms with E-state index in [2.05, 4.69) is 10.6 Å². The number of anilines is 3. The van der Waals surface area contributed by atoms with Gasteiger partial charge in [0.1, 0.15) is 0 Å². The fraction of sp³-hybridized carbons (Fsp3) is 0.273. The van der Waals surface area contributed by atoms with Crippen molar-refractivity contribution >= 4 is 40.7 Å². The van der Waals surface area contributed by atoms with Crippen LogP contribution in [0.5, 0.6) is 0 Å². The molecule has 4 rings (SSSR count). The van der Waals surface area contributed by atoms with Gasteiger partial charge in [0, 0.05) is 37.7 Å². The normalized spacial score (nSPS) is 19.9. The second-order valence-electron chi connectivity index (χ2n) is 7.32. The van der Waals surface area contributed by atoms with Crippen LogP contribution < -0.4 is 15.5 Å². The van der Waals surface area contributed by atoms with Crippen molar-refractivity contribution in [2.45, 2.75) is 32.4 Å². The Balaban J connectivity index is 1.72. The number of hydrogen-bond donors (Lipinski definition) is 2. The van der Waals surface area contributed by atoms with E-state index in [0.717, 1.165) is 0 Å². The van der Waals surface area contributed by atoms with Crippen molar-refractivity contribution in [2.75, 3.05) is 22.1 Å². The van der Waals surface area contributed by atoms with Crippen molar-refractivity contribution in [3.8, 4) is 0 Å². The third-order valence-corrected chi connectivity index (χ3v) is 5.52. The number of likely N-dealkylation sites (N-methyl/N-ethyl adjacent to an activating group) is 1. The van der Waals surface area contributed by atoms with Crippen LogP contribution in [0.1, 0.15) is 37.0 Å². The monoisotopic (exact) mass is 406 g/mol. The number of carbonyl (C=O) groups is 4. The average Bonchev–Trinajstić information content (AvgIpc) is 3.08. The van der Waals surface area contributed by atoms with Crippen LogP contribution in [0, 0.1) is 0 Å². The minimum Gasteiger partial charge on any atom is -0.326 e. The van der Waals surface area contributed by atoms with Gasteiger partial charge in [-0.3, -0.25) is 24.1 Å². The first kappa shape index (κ1) is 19.6. The molecule has 0 radical (unpaired) electrons. The number of nitrogens with one attached hydrogen (secondary N) is 2. The summed E-state index contributed by atoms with van der Waals surface area (Å²) >= 11 is 0. The van der Waals surface area contributed by atoms with Gasteiger partial charge in [0.05, 0.1) is 11.3 Å². The van der Waals surface area contributed by atoms with Crippen LogP contribution in [-0.2, 0) is 14.4 Å². The van der Waals surface area contributed by atoms with Crippen molar-refractivity contribution in [1.29, 1.82) is 0 Å². The van der Waals surface area contributed by atoms with E-state index in [9.17, 15) is 19.2 Å². The Bertz CT molecular complexity index is 1050. The van der Waals surface area contributed by atoms with Gasteiger partial charge < -0.3 is 15.5 Å². The number of nitrogens with zero attached hydrogens (tertiary/aromatic N) is 2. The molecule has 0 saturated carbocycles. The molecule has 1 saturated heterocycles. The first-order chi connectivity index (χ1) is 14.4. The molecular formula is C22H22N4O4. The molecule has 0 bridgehead atoms. The highest BCUT2D eigenvalue weighted by Crippen LogP contribution is 2.44. The van der Waals surface area contributed by atoms with Gasteiger partial charge in [0.25, 0.3) is 11.8 Å². The van der Waals surface area contributed by atoms with E-state index in [1.54, 1.807) is 55.5 Å². The number of benzene rings is 2. The topological polar surface area (TPSA) is 98.8 Å². The van der Waals surface area contributed by atoms with Gasteiger partial charge in [-0.25, -0.2) is 0 Å². The molecule has 30 heavy (non-hydrogen) atoms. The molecule has 8 heteroatoms. The highest BCUT2D eigenvalue weighted by atomic mass is 16.2. The number of para-hydroxylation sites is 1. The molecule has 0 aromatic heterocycles. The Morgan fingerprint density at radius 1 is 1.00 bits per heavy atom. The Hall–Kier alpha value is -3.68. The van der Waals surface area contributed by atoms with Gasteiger partial charge in [-0.05, 0) is 43.3 Å². The Morgan fingerprint density at radius 3 is 2.27 bits per heavy atom. The fourth-order valence-corrected chi connectivity index (χ4v) is 4.28. The predicted molar refractivity (Wildman–Crippen MR) is 112 cm³/mol. The second-order valence-corrected chi connectivity index (χ2v) is 7.32. The minimum atomic E-state index is -1.41. The molecule has 4 amide bonds. The summed E-state index contributed by atoms with van der Waals surface area (Å²) in [4.78, 5) is 53.6. The van der Waals surface area contributed by atoms with Gasteiger partial charge in [0.15, 0.2) is 0 Å². The third kappa shape index (κ3) is 2.92. The van der Waals surface area contributed by atoms with Crippen molar-refractivity contribution in [3.05, 3.63) is 54.1 Å². The van der Waals surface area contributed by atoms with E-state index < -0.39 is 11.6 Å². The summed E-state index contributed by atoms with van der Waals surface area (Å²) in [6.07, 6.45) is 0.391. The maximum absolute atomic E-state index is 13.5. The van der Waals surface area contributed by atoms with Crippen molar-refractivity contribution in [1.82, 2.24) is 4.90 Å². The van der Waals surface area contributed by atoms with E-state index in [4.69, 9.17) is 0 Å². The molecule has 8 nitrogen and oxygen atoms in total. The lowest BCUT2D eigenvalue weighted by Crippen LogP contribution is -2.69. The maximum atomic E-state index is 13.5. The quantitative estimate of drug-likeness (QED) is 0.815. The van der Waals surface area contributed by atoms with E-state index in [1.807, 2.05) is 0 Å². The number of carbonyl (C=O) groups excluding carboxylic acids is 4. The largest absolute Gasteiger partial charge is 0.326 e. The summed E-state index contributed by atoms with van der Waals surface area (Å²) in [6, 6.07) is 13.5. The number of hydrogen-bond acceptors (Lipinski definition) is 4. The molecule has 2 aliphatic rings. The molecule has 1 fully saturated rings. The average molecular weight is 406 g/mol. The van der Waals surface area contributed by atoms with Crippen LogP contribution in [0.4, 0.5) is 17.1 Å². The van der Waals surface area contributed by atoms with Crippen LogP contribution in [0.25, 0.3) is 0 Å². The number of fused-ring (bicyclic) bond motifs is 3. The summed E-state index contributed by atoms with van der Waals surface area (Å²) in [7, 11) is 0. The number of rotatable bonds is 4. The van der Waals surface area contributed by atoms with Gasteiger partial charge in [0.2, 0.25) is 17.5 Å². The van der Waals surface area contributed by atoms with Crippen molar-refractivity contribution < 1.29 is 19.2 Å². The molecular weight excluding hydrogens is 384 g/mol. The van der Waals surface area contributed by atoms with E-state index >= 15 is 0 Å². The summed E-state index contributed by atoms with van der Waals surface area (Å²) in [5, 5.41) is 5.52. The predicted octanol–water partition coefficient (Wildman–Crippen LogP) is 2.58. The van der Waals surface area contributed by atoms with Crippen LogP contribution in [0.3, 0.4) is 0 Å². The standard InChI is InChI=1S/C22H22N4O4/c1-3-25-20(29)17-6-4-5-7-18(17)26-19(28)12-13-22(25,26)21(30)24-16-10-8-15(9-11-16)23-14(2)27/h4-11H,3,12-13H2,1-2H3,(H,23,27)(H,24,30)/t22-/m1/s1. The van der Waals surface area contributed by atoms with E-state index in [-0.39, 0.29) is 37.1 Å². The van der Waals surface area contributed by atoms with Crippen LogP contribution >= 0.6 is 0 Å². The molecule has 2 heterocycles. The molecule has 0 aliphatic carbocycles. The lowest BCUT2D eigenvalue weighted by atomic mass is 9.95. The molecule has 1 atom stereocenters. The zero-order chi connectivity index (χ0) is 21.5. The molecule has 0 spiro atoms. The van der Waals surface area contributed by atoms with Crippen LogP contribution in [0.2, 0.25) is 0 Å². The Labute approximate surface area is 173 Å². The molecule has 0 unspecified atom stereocenters. The minimum absolute atomic E-state index is 0.174. The number of amides is 4. The van der Waals surface area contributed by atoms with Crippen molar-refractivity contribution in [3.63, 3.8) is 0 Å². The van der Waals surface area contributed by atoms with Gasteiger partial charge in [-0.2, -0.15) is 0 Å². The van der Waals surface area contributed by atoms with Crippen LogP contribution in [-0.4, -0.2) is 40.7 Å². The Kier molecular flexibility index (Phi) is 4.77. The van der Waals surface area contributed by atoms with Gasteiger partial charge >= 0.3 is 0 Å². The first-order valence-electron chi connectivity index (χ1n) is 9.81. The molecule has 2 aromatic carbocycles. The zero-order valence-electron chi connectivity index (χ0n) is 16.8. The van der Waals surface area contributed by atoms with Crippen LogP contribution in [0.15, 0.2) is 48.5 Å². The first-order valence-corrected chi connectivity index (χ1v) is 9.81.